The third-order valence-corrected chi connectivity index (χ3v) is 4.46. The van der Waals surface area contributed by atoms with Crippen molar-refractivity contribution in [1.82, 2.24) is 0 Å². The van der Waals surface area contributed by atoms with Gasteiger partial charge in [-0.25, -0.2) is 0 Å². The summed E-state index contributed by atoms with van der Waals surface area (Å²) in [5.74, 6) is 0. The lowest BCUT2D eigenvalue weighted by Crippen LogP contribution is -2.25. The van der Waals surface area contributed by atoms with Crippen molar-refractivity contribution in [2.45, 2.75) is 22.5 Å². The normalized spacial score (nSPS) is 13.8. The minimum absolute atomic E-state index is 0.286. The molecule has 2 aromatic carbocycles. The Kier molecular flexibility index (Phi) is 3.38. The fourth-order valence-electron chi connectivity index (χ4n) is 2.26. The maximum absolute atomic E-state index is 9.88. The molecule has 1 nitrogen and oxygen atoms in total. The largest absolute Gasteiger partial charge is 0.446 e. The van der Waals surface area contributed by atoms with Crippen LogP contribution in [0.1, 0.15) is 5.56 Å². The maximum Gasteiger partial charge on any atom is 0.324 e. The third kappa shape index (κ3) is 2.44. The molecule has 1 N–H and O–H groups in total. The Morgan fingerprint density at radius 1 is 1.06 bits per heavy atom. The van der Waals surface area contributed by atoms with E-state index in [1.54, 1.807) is 11.8 Å². The predicted octanol–water partition coefficient (Wildman–Crippen LogP) is 3.24. The van der Waals surface area contributed by atoms with Gasteiger partial charge >= 0.3 is 6.92 Å². The van der Waals surface area contributed by atoms with E-state index < -0.39 is 0 Å². The molecule has 90 valence electrons. The predicted molar refractivity (Wildman–Crippen MR) is 78.1 cm³/mol. The zero-order valence-corrected chi connectivity index (χ0v) is 11.3. The van der Waals surface area contributed by atoms with E-state index in [0.717, 1.165) is 33.0 Å². The molecule has 0 aromatic heterocycles. The lowest BCUT2D eigenvalue weighted by molar-refractivity contribution is 0.587. The lowest BCUT2D eigenvalue weighted by atomic mass is 9.63. The van der Waals surface area contributed by atoms with Gasteiger partial charge in [0.2, 0.25) is 0 Å². The number of halogens is 1. The van der Waals surface area contributed by atoms with Crippen LogP contribution in [0.25, 0.3) is 0 Å². The molecular formula is C14H12BClOS. The highest BCUT2D eigenvalue weighted by Crippen LogP contribution is 2.29. The smallest absolute Gasteiger partial charge is 0.324 e. The van der Waals surface area contributed by atoms with Crippen LogP contribution < -0.4 is 5.46 Å². The molecule has 2 aromatic rings. The van der Waals surface area contributed by atoms with Crippen LogP contribution in [0.4, 0.5) is 0 Å². The fourth-order valence-corrected chi connectivity index (χ4v) is 3.25. The van der Waals surface area contributed by atoms with E-state index in [4.69, 9.17) is 11.6 Å². The van der Waals surface area contributed by atoms with Gasteiger partial charge in [-0.3, -0.25) is 0 Å². The number of hydrogen-bond donors (Lipinski definition) is 1. The Hall–Kier alpha value is -0.895. The molecule has 3 rings (SSSR count). The molecule has 0 unspecified atom stereocenters. The molecule has 0 spiro atoms. The SMILES string of the molecule is OB1CCc2ccc(Sc3ccc(Cl)cc3)cc21. The van der Waals surface area contributed by atoms with Crippen LogP contribution in [0.5, 0.6) is 0 Å². The molecule has 18 heavy (non-hydrogen) atoms. The molecule has 1 aliphatic heterocycles. The highest BCUT2D eigenvalue weighted by Gasteiger charge is 2.24. The van der Waals surface area contributed by atoms with Gasteiger partial charge < -0.3 is 5.02 Å². The Labute approximate surface area is 116 Å². The minimum atomic E-state index is -0.286. The molecule has 0 radical (unpaired) electrons. The first-order valence-corrected chi connectivity index (χ1v) is 7.16. The van der Waals surface area contributed by atoms with Crippen molar-refractivity contribution in [1.29, 1.82) is 0 Å². The van der Waals surface area contributed by atoms with Gasteiger partial charge in [0.15, 0.2) is 0 Å². The van der Waals surface area contributed by atoms with Gasteiger partial charge in [-0.15, -0.1) is 0 Å². The molecule has 0 saturated carbocycles. The van der Waals surface area contributed by atoms with Gasteiger partial charge in [-0.2, -0.15) is 0 Å². The van der Waals surface area contributed by atoms with Crippen LogP contribution in [-0.2, 0) is 6.42 Å². The zero-order chi connectivity index (χ0) is 12.5. The van der Waals surface area contributed by atoms with Crippen molar-refractivity contribution >= 4 is 35.7 Å². The zero-order valence-electron chi connectivity index (χ0n) is 9.77. The van der Waals surface area contributed by atoms with Crippen molar-refractivity contribution in [3.63, 3.8) is 0 Å². The molecule has 0 amide bonds. The summed E-state index contributed by atoms with van der Waals surface area (Å²) in [7, 11) is 0. The van der Waals surface area contributed by atoms with E-state index >= 15 is 0 Å². The van der Waals surface area contributed by atoms with Crippen molar-refractivity contribution < 1.29 is 5.02 Å². The maximum atomic E-state index is 9.88. The standard InChI is InChI=1S/C14H12BClOS/c16-11-2-5-12(6-3-11)18-13-4-1-10-7-8-15(17)14(10)9-13/h1-6,9,17H,7-8H2. The minimum Gasteiger partial charge on any atom is -0.446 e. The average molecular weight is 275 g/mol. The number of fused-ring (bicyclic) bond motifs is 1. The summed E-state index contributed by atoms with van der Waals surface area (Å²) in [6.45, 7) is -0.286. The summed E-state index contributed by atoms with van der Waals surface area (Å²) in [5, 5.41) is 10.6. The summed E-state index contributed by atoms with van der Waals surface area (Å²) in [4.78, 5) is 2.32. The molecule has 1 heterocycles. The van der Waals surface area contributed by atoms with E-state index in [9.17, 15) is 5.02 Å². The quantitative estimate of drug-likeness (QED) is 0.849. The van der Waals surface area contributed by atoms with Gasteiger partial charge in [-0.05, 0) is 48.5 Å². The van der Waals surface area contributed by atoms with Crippen LogP contribution in [0, 0.1) is 0 Å². The van der Waals surface area contributed by atoms with Gasteiger partial charge in [0, 0.05) is 14.8 Å². The van der Waals surface area contributed by atoms with Crippen molar-refractivity contribution in [2.75, 3.05) is 0 Å². The van der Waals surface area contributed by atoms with Crippen molar-refractivity contribution in [3.8, 4) is 0 Å². The number of rotatable bonds is 2. The summed E-state index contributed by atoms with van der Waals surface area (Å²) in [5.41, 5.74) is 2.37. The molecule has 0 atom stereocenters. The average Bonchev–Trinajstić information content (AvgIpc) is 2.74. The molecule has 0 bridgehead atoms. The second-order valence-electron chi connectivity index (χ2n) is 4.47. The summed E-state index contributed by atoms with van der Waals surface area (Å²) in [6, 6.07) is 14.2. The Balaban J connectivity index is 1.85. The monoisotopic (exact) mass is 274 g/mol. The van der Waals surface area contributed by atoms with Gasteiger partial charge in [0.25, 0.3) is 0 Å². The Morgan fingerprint density at radius 3 is 2.56 bits per heavy atom. The lowest BCUT2D eigenvalue weighted by Gasteiger charge is -2.06. The van der Waals surface area contributed by atoms with E-state index in [1.165, 1.54) is 5.56 Å². The highest BCUT2D eigenvalue weighted by atomic mass is 35.5. The second-order valence-corrected chi connectivity index (χ2v) is 6.05. The number of aryl methyl sites for hydroxylation is 1. The van der Waals surface area contributed by atoms with Gasteiger partial charge in [-0.1, -0.05) is 41.1 Å². The van der Waals surface area contributed by atoms with Crippen LogP contribution in [0.15, 0.2) is 52.3 Å². The Bertz CT molecular complexity index is 571. The first kappa shape index (κ1) is 12.2. The second kappa shape index (κ2) is 5.00. The van der Waals surface area contributed by atoms with E-state index in [1.807, 2.05) is 24.3 Å². The first-order chi connectivity index (χ1) is 8.72. The summed E-state index contributed by atoms with van der Waals surface area (Å²) in [6.07, 6.45) is 1.84. The van der Waals surface area contributed by atoms with E-state index in [0.29, 0.717) is 0 Å². The topological polar surface area (TPSA) is 20.2 Å². The van der Waals surface area contributed by atoms with Crippen LogP contribution in [-0.4, -0.2) is 11.9 Å². The van der Waals surface area contributed by atoms with Gasteiger partial charge in [0.05, 0.1) is 0 Å². The third-order valence-electron chi connectivity index (χ3n) is 3.21. The molecule has 1 aliphatic rings. The number of benzene rings is 2. The van der Waals surface area contributed by atoms with Crippen LogP contribution >= 0.6 is 23.4 Å². The highest BCUT2D eigenvalue weighted by molar-refractivity contribution is 7.99. The van der Waals surface area contributed by atoms with E-state index in [-0.39, 0.29) is 6.92 Å². The molecule has 0 saturated heterocycles. The molecule has 0 aliphatic carbocycles. The van der Waals surface area contributed by atoms with E-state index in [2.05, 4.69) is 18.2 Å². The van der Waals surface area contributed by atoms with Crippen LogP contribution in [0.2, 0.25) is 11.3 Å². The van der Waals surface area contributed by atoms with Crippen molar-refractivity contribution in [2.24, 2.45) is 0 Å². The fraction of sp³-hybridized carbons (Fsp3) is 0.143. The van der Waals surface area contributed by atoms with Gasteiger partial charge in [0.1, 0.15) is 0 Å². The van der Waals surface area contributed by atoms with Crippen molar-refractivity contribution in [3.05, 3.63) is 53.1 Å². The molecule has 4 heteroatoms. The number of hydrogen-bond acceptors (Lipinski definition) is 2. The molecular weight excluding hydrogens is 262 g/mol. The summed E-state index contributed by atoms with van der Waals surface area (Å²) < 4.78 is 0. The first-order valence-electron chi connectivity index (χ1n) is 5.97. The Morgan fingerprint density at radius 2 is 1.78 bits per heavy atom. The van der Waals surface area contributed by atoms with Crippen LogP contribution in [0.3, 0.4) is 0 Å². The summed E-state index contributed by atoms with van der Waals surface area (Å²) >= 11 is 7.56. The molecule has 0 fully saturated rings.